The largest absolute Gasteiger partial charge is 0.486 e. The van der Waals surface area contributed by atoms with Gasteiger partial charge in [-0.3, -0.25) is 9.59 Å². The fourth-order valence-electron chi connectivity index (χ4n) is 3.72. The zero-order chi connectivity index (χ0) is 19.3. The van der Waals surface area contributed by atoms with E-state index in [0.29, 0.717) is 36.8 Å². The summed E-state index contributed by atoms with van der Waals surface area (Å²) < 4.78 is 11.1. The van der Waals surface area contributed by atoms with Crippen LogP contribution in [0.3, 0.4) is 0 Å². The number of hydrogen-bond acceptors (Lipinski definition) is 4. The van der Waals surface area contributed by atoms with Crippen molar-refractivity contribution >= 4 is 17.5 Å². The topological polar surface area (TPSA) is 76.7 Å². The van der Waals surface area contributed by atoms with Gasteiger partial charge >= 0.3 is 0 Å². The summed E-state index contributed by atoms with van der Waals surface area (Å²) in [6.07, 6.45) is 4.19. The van der Waals surface area contributed by atoms with Gasteiger partial charge in [0.05, 0.1) is 5.56 Å². The van der Waals surface area contributed by atoms with Gasteiger partial charge in [-0.25, -0.2) is 0 Å². The molecule has 28 heavy (non-hydrogen) atoms. The summed E-state index contributed by atoms with van der Waals surface area (Å²) in [5, 5.41) is 5.91. The third-order valence-corrected chi connectivity index (χ3v) is 5.18. The zero-order valence-electron chi connectivity index (χ0n) is 15.7. The van der Waals surface area contributed by atoms with E-state index < -0.39 is 0 Å². The Bertz CT molecular complexity index is 875. The van der Waals surface area contributed by atoms with Crippen LogP contribution in [0.15, 0.2) is 42.5 Å². The van der Waals surface area contributed by atoms with Gasteiger partial charge in [0.1, 0.15) is 13.2 Å². The van der Waals surface area contributed by atoms with E-state index in [1.54, 1.807) is 18.2 Å². The van der Waals surface area contributed by atoms with Crippen LogP contribution in [0.1, 0.15) is 41.6 Å². The van der Waals surface area contributed by atoms with E-state index in [4.69, 9.17) is 9.47 Å². The van der Waals surface area contributed by atoms with Crippen LogP contribution in [0.4, 0.5) is 5.69 Å². The van der Waals surface area contributed by atoms with Crippen LogP contribution in [0.2, 0.25) is 0 Å². The Kier molecular flexibility index (Phi) is 5.46. The van der Waals surface area contributed by atoms with Gasteiger partial charge in [0, 0.05) is 18.2 Å². The molecule has 2 aliphatic rings. The van der Waals surface area contributed by atoms with Gasteiger partial charge in [0.15, 0.2) is 11.5 Å². The molecular weight excluding hydrogens is 356 g/mol. The van der Waals surface area contributed by atoms with Crippen LogP contribution in [-0.4, -0.2) is 25.0 Å². The lowest BCUT2D eigenvalue weighted by molar-refractivity contribution is -0.119. The molecule has 1 heterocycles. The smallest absolute Gasteiger partial charge is 0.255 e. The Labute approximate surface area is 164 Å². The quantitative estimate of drug-likeness (QED) is 0.832. The molecule has 4 rings (SSSR count). The lowest BCUT2D eigenvalue weighted by Crippen LogP contribution is -2.25. The van der Waals surface area contributed by atoms with Gasteiger partial charge in [-0.05, 0) is 42.7 Å². The molecule has 0 radical (unpaired) electrons. The monoisotopic (exact) mass is 380 g/mol. The van der Waals surface area contributed by atoms with E-state index in [9.17, 15) is 9.59 Å². The number of carbonyl (C=O) groups is 2. The van der Waals surface area contributed by atoms with E-state index in [1.165, 1.54) is 0 Å². The third kappa shape index (κ3) is 4.11. The molecule has 1 saturated carbocycles. The molecule has 0 atom stereocenters. The normalized spacial score (nSPS) is 15.9. The SMILES string of the molecule is O=C(NCc1cccc(NC(=O)C2CCCC2)c1)c1cccc2c1OCCO2. The van der Waals surface area contributed by atoms with Crippen LogP contribution in [0, 0.1) is 5.92 Å². The zero-order valence-corrected chi connectivity index (χ0v) is 15.7. The molecular formula is C22H24N2O4. The molecule has 0 unspecified atom stereocenters. The number of nitrogens with one attached hydrogen (secondary N) is 2. The third-order valence-electron chi connectivity index (χ3n) is 5.18. The maximum atomic E-state index is 12.6. The Morgan fingerprint density at radius 3 is 2.64 bits per heavy atom. The van der Waals surface area contributed by atoms with Crippen molar-refractivity contribution in [3.05, 3.63) is 53.6 Å². The lowest BCUT2D eigenvalue weighted by Gasteiger charge is -2.20. The molecule has 2 aromatic rings. The molecule has 0 aromatic heterocycles. The molecule has 0 saturated heterocycles. The number of rotatable bonds is 5. The van der Waals surface area contributed by atoms with Crippen molar-refractivity contribution in [1.29, 1.82) is 0 Å². The van der Waals surface area contributed by atoms with Crippen molar-refractivity contribution in [2.75, 3.05) is 18.5 Å². The summed E-state index contributed by atoms with van der Waals surface area (Å²) in [5.41, 5.74) is 2.14. The highest BCUT2D eigenvalue weighted by Crippen LogP contribution is 2.33. The molecule has 2 N–H and O–H groups in total. The minimum absolute atomic E-state index is 0.0896. The molecule has 1 fully saturated rings. The van der Waals surface area contributed by atoms with Crippen LogP contribution in [0.5, 0.6) is 11.5 Å². The molecule has 0 bridgehead atoms. The second kappa shape index (κ2) is 8.33. The highest BCUT2D eigenvalue weighted by Gasteiger charge is 2.23. The Hall–Kier alpha value is -3.02. The van der Waals surface area contributed by atoms with Crippen LogP contribution < -0.4 is 20.1 Å². The Balaban J connectivity index is 1.38. The van der Waals surface area contributed by atoms with Crippen molar-refractivity contribution in [3.8, 4) is 11.5 Å². The van der Waals surface area contributed by atoms with Gasteiger partial charge in [-0.15, -0.1) is 0 Å². The number of benzene rings is 2. The van der Waals surface area contributed by atoms with Crippen LogP contribution >= 0.6 is 0 Å². The fraction of sp³-hybridized carbons (Fsp3) is 0.364. The van der Waals surface area contributed by atoms with Crippen LogP contribution in [-0.2, 0) is 11.3 Å². The van der Waals surface area contributed by atoms with Gasteiger partial charge in [0.2, 0.25) is 5.91 Å². The first-order chi connectivity index (χ1) is 13.7. The van der Waals surface area contributed by atoms with Crippen molar-refractivity contribution in [1.82, 2.24) is 5.32 Å². The van der Waals surface area contributed by atoms with Crippen molar-refractivity contribution in [3.63, 3.8) is 0 Å². The number of fused-ring (bicyclic) bond motifs is 1. The van der Waals surface area contributed by atoms with Gasteiger partial charge in [-0.2, -0.15) is 0 Å². The summed E-state index contributed by atoms with van der Waals surface area (Å²) in [6, 6.07) is 12.9. The minimum atomic E-state index is -0.220. The average Bonchev–Trinajstić information content (AvgIpc) is 3.27. The maximum absolute atomic E-state index is 12.6. The standard InChI is InChI=1S/C22H24N2O4/c25-21(16-6-1-2-7-16)24-17-8-3-5-15(13-17)14-23-22(26)18-9-4-10-19-20(18)28-12-11-27-19/h3-5,8-10,13,16H,1-2,6-7,11-12,14H2,(H,23,26)(H,24,25). The number of para-hydroxylation sites is 1. The number of amides is 2. The second-order valence-electron chi connectivity index (χ2n) is 7.18. The molecule has 6 nitrogen and oxygen atoms in total. The lowest BCUT2D eigenvalue weighted by atomic mass is 10.1. The molecule has 1 aliphatic heterocycles. The molecule has 2 amide bonds. The second-order valence-corrected chi connectivity index (χ2v) is 7.18. The molecule has 146 valence electrons. The average molecular weight is 380 g/mol. The summed E-state index contributed by atoms with van der Waals surface area (Å²) in [4.78, 5) is 24.9. The van der Waals surface area contributed by atoms with Crippen LogP contribution in [0.25, 0.3) is 0 Å². The first-order valence-corrected chi connectivity index (χ1v) is 9.77. The molecule has 0 spiro atoms. The summed E-state index contributed by atoms with van der Waals surface area (Å²) in [7, 11) is 0. The predicted octanol–water partition coefficient (Wildman–Crippen LogP) is 3.52. The maximum Gasteiger partial charge on any atom is 0.255 e. The van der Waals surface area contributed by atoms with Gasteiger partial charge in [-0.1, -0.05) is 31.0 Å². The van der Waals surface area contributed by atoms with Gasteiger partial charge < -0.3 is 20.1 Å². The van der Waals surface area contributed by atoms with Crippen molar-refractivity contribution < 1.29 is 19.1 Å². The molecule has 1 aliphatic carbocycles. The molecule has 2 aromatic carbocycles. The van der Waals surface area contributed by atoms with E-state index in [2.05, 4.69) is 10.6 Å². The van der Waals surface area contributed by atoms with Gasteiger partial charge in [0.25, 0.3) is 5.91 Å². The first-order valence-electron chi connectivity index (χ1n) is 9.77. The highest BCUT2D eigenvalue weighted by atomic mass is 16.6. The summed E-state index contributed by atoms with van der Waals surface area (Å²) in [6.45, 7) is 1.27. The number of carbonyl (C=O) groups excluding carboxylic acids is 2. The van der Waals surface area contributed by atoms with Crippen molar-refractivity contribution in [2.24, 2.45) is 5.92 Å². The predicted molar refractivity (Wildman–Crippen MR) is 106 cm³/mol. The summed E-state index contributed by atoms with van der Waals surface area (Å²) >= 11 is 0. The number of hydrogen-bond donors (Lipinski definition) is 2. The van der Waals surface area contributed by atoms with E-state index in [1.807, 2.05) is 24.3 Å². The fourth-order valence-corrected chi connectivity index (χ4v) is 3.72. The van der Waals surface area contributed by atoms with E-state index >= 15 is 0 Å². The first kappa shape index (κ1) is 18.3. The van der Waals surface area contributed by atoms with E-state index in [-0.39, 0.29) is 17.7 Å². The number of anilines is 1. The Morgan fingerprint density at radius 1 is 1.00 bits per heavy atom. The Morgan fingerprint density at radius 2 is 1.79 bits per heavy atom. The van der Waals surface area contributed by atoms with E-state index in [0.717, 1.165) is 36.9 Å². The van der Waals surface area contributed by atoms with Crippen molar-refractivity contribution in [2.45, 2.75) is 32.2 Å². The highest BCUT2D eigenvalue weighted by molar-refractivity contribution is 5.98. The summed E-state index contributed by atoms with van der Waals surface area (Å²) in [5.74, 6) is 1.07. The molecule has 6 heteroatoms. The minimum Gasteiger partial charge on any atom is -0.486 e. The number of ether oxygens (including phenoxy) is 2.